The van der Waals surface area contributed by atoms with Crippen LogP contribution in [-0.2, 0) is 9.59 Å². The molecule has 0 aromatic carbocycles. The molecule has 0 spiro atoms. The van der Waals surface area contributed by atoms with Crippen LogP contribution in [0.4, 0.5) is 0 Å². The number of aldehydes is 2. The highest BCUT2D eigenvalue weighted by Crippen LogP contribution is 2.08. The molecule has 6 nitrogen and oxygen atoms in total. The minimum Gasteiger partial charge on any atom is -0.394 e. The quantitative estimate of drug-likeness (QED) is 0.261. The Kier molecular flexibility index (Phi) is 3.98. The van der Waals surface area contributed by atoms with Crippen LogP contribution in [0, 0.1) is 0 Å². The van der Waals surface area contributed by atoms with Crippen molar-refractivity contribution in [1.82, 2.24) is 0 Å². The van der Waals surface area contributed by atoms with E-state index in [0.29, 0.717) is 0 Å². The summed E-state index contributed by atoms with van der Waals surface area (Å²) in [4.78, 5) is 20.2. The van der Waals surface area contributed by atoms with Gasteiger partial charge in [0.05, 0.1) is 6.61 Å². The van der Waals surface area contributed by atoms with E-state index in [-0.39, 0.29) is 12.6 Å². The van der Waals surface area contributed by atoms with Gasteiger partial charge in [-0.1, -0.05) is 0 Å². The van der Waals surface area contributed by atoms with Gasteiger partial charge in [-0.2, -0.15) is 0 Å². The number of aliphatic hydroxyl groups is 4. The Bertz CT molecular complexity index is 159. The molecule has 2 atom stereocenters. The van der Waals surface area contributed by atoms with Crippen LogP contribution in [0.5, 0.6) is 0 Å². The molecule has 0 fully saturated rings. The van der Waals surface area contributed by atoms with E-state index in [1.165, 1.54) is 0 Å². The Hall–Kier alpha value is -0.820. The molecule has 0 saturated carbocycles. The molecule has 12 heavy (non-hydrogen) atoms. The molecule has 0 aliphatic rings. The van der Waals surface area contributed by atoms with Crippen molar-refractivity contribution in [2.24, 2.45) is 0 Å². The Morgan fingerprint density at radius 1 is 1.25 bits per heavy atom. The Labute approximate surface area is 68.1 Å². The second kappa shape index (κ2) is 4.27. The lowest BCUT2D eigenvalue weighted by Crippen LogP contribution is -2.52. The molecule has 0 heterocycles. The fourth-order valence-electron chi connectivity index (χ4n) is 0.575. The van der Waals surface area contributed by atoms with Crippen molar-refractivity contribution in [3.63, 3.8) is 0 Å². The van der Waals surface area contributed by atoms with Gasteiger partial charge in [-0.15, -0.1) is 0 Å². The van der Waals surface area contributed by atoms with Gasteiger partial charge in [-0.25, -0.2) is 0 Å². The molecule has 0 radical (unpaired) electrons. The van der Waals surface area contributed by atoms with Gasteiger partial charge in [-0.05, 0) is 0 Å². The van der Waals surface area contributed by atoms with Crippen molar-refractivity contribution in [1.29, 1.82) is 0 Å². The predicted molar refractivity (Wildman–Crippen MR) is 36.2 cm³/mol. The van der Waals surface area contributed by atoms with Crippen molar-refractivity contribution in [2.75, 3.05) is 6.61 Å². The summed E-state index contributed by atoms with van der Waals surface area (Å²) in [6, 6.07) is 0. The smallest absolute Gasteiger partial charge is 0.203 e. The first-order chi connectivity index (χ1) is 5.51. The second-order valence-corrected chi connectivity index (χ2v) is 2.32. The van der Waals surface area contributed by atoms with E-state index in [9.17, 15) is 9.59 Å². The number of hydrogen-bond donors (Lipinski definition) is 4. The first-order valence-electron chi connectivity index (χ1n) is 3.14. The van der Waals surface area contributed by atoms with Gasteiger partial charge >= 0.3 is 0 Å². The zero-order valence-electron chi connectivity index (χ0n) is 6.12. The Balaban J connectivity index is 4.51. The maximum Gasteiger partial charge on any atom is 0.203 e. The third-order valence-corrected chi connectivity index (χ3v) is 1.40. The van der Waals surface area contributed by atoms with Crippen LogP contribution < -0.4 is 0 Å². The third-order valence-electron chi connectivity index (χ3n) is 1.40. The number of carbonyl (C=O) groups is 2. The van der Waals surface area contributed by atoms with Gasteiger partial charge in [0.25, 0.3) is 0 Å². The molecule has 0 aliphatic carbocycles. The van der Waals surface area contributed by atoms with Crippen LogP contribution >= 0.6 is 0 Å². The predicted octanol–water partition coefficient (Wildman–Crippen LogP) is -3.17. The van der Waals surface area contributed by atoms with Crippen LogP contribution in [0.2, 0.25) is 0 Å². The molecule has 4 N–H and O–H groups in total. The van der Waals surface area contributed by atoms with Gasteiger partial charge in [0.1, 0.15) is 12.2 Å². The molecular formula is C6H10O6. The maximum atomic E-state index is 10.1. The van der Waals surface area contributed by atoms with Crippen LogP contribution in [0.1, 0.15) is 0 Å². The van der Waals surface area contributed by atoms with Crippen LogP contribution in [0.15, 0.2) is 0 Å². The zero-order valence-corrected chi connectivity index (χ0v) is 6.12. The highest BCUT2D eigenvalue weighted by molar-refractivity contribution is 5.88. The monoisotopic (exact) mass is 178 g/mol. The summed E-state index contributed by atoms with van der Waals surface area (Å²) < 4.78 is 0. The molecule has 0 aliphatic heterocycles. The third kappa shape index (κ3) is 2.08. The summed E-state index contributed by atoms with van der Waals surface area (Å²) in [5.74, 6) is 0. The van der Waals surface area contributed by atoms with E-state index in [1.54, 1.807) is 0 Å². The van der Waals surface area contributed by atoms with Crippen LogP contribution in [0.3, 0.4) is 0 Å². The molecule has 6 heteroatoms. The summed E-state index contributed by atoms with van der Waals surface area (Å²) >= 11 is 0. The molecule has 70 valence electrons. The van der Waals surface area contributed by atoms with Gasteiger partial charge in [0.15, 0.2) is 12.6 Å². The lowest BCUT2D eigenvalue weighted by atomic mass is 9.96. The fraction of sp³-hybridized carbons (Fsp3) is 0.667. The molecule has 0 unspecified atom stereocenters. The van der Waals surface area contributed by atoms with Crippen molar-refractivity contribution in [3.05, 3.63) is 0 Å². The molecule has 0 bridgehead atoms. The zero-order chi connectivity index (χ0) is 9.78. The van der Waals surface area contributed by atoms with Crippen molar-refractivity contribution in [3.8, 4) is 0 Å². The molecular weight excluding hydrogens is 168 g/mol. The topological polar surface area (TPSA) is 115 Å². The first kappa shape index (κ1) is 11.2. The number of rotatable bonds is 5. The normalized spacial score (nSPS) is 16.7. The summed E-state index contributed by atoms with van der Waals surface area (Å²) in [6.07, 6.45) is -4.16. The Morgan fingerprint density at radius 3 is 1.92 bits per heavy atom. The summed E-state index contributed by atoms with van der Waals surface area (Å²) in [5, 5.41) is 34.9. The fourth-order valence-corrected chi connectivity index (χ4v) is 0.575. The Morgan fingerprint density at radius 2 is 1.67 bits per heavy atom. The SMILES string of the molecule is O=CC(O)(C=O)[C@H](O)[C@H](O)CO. The highest BCUT2D eigenvalue weighted by atomic mass is 16.4. The maximum absolute atomic E-state index is 10.1. The lowest BCUT2D eigenvalue weighted by Gasteiger charge is -2.24. The highest BCUT2D eigenvalue weighted by Gasteiger charge is 2.39. The van der Waals surface area contributed by atoms with Gasteiger partial charge in [-0.3, -0.25) is 9.59 Å². The van der Waals surface area contributed by atoms with Crippen molar-refractivity contribution in [2.45, 2.75) is 17.8 Å². The van der Waals surface area contributed by atoms with Crippen molar-refractivity contribution >= 4 is 12.6 Å². The number of aliphatic hydroxyl groups excluding tert-OH is 3. The molecule has 0 aromatic rings. The van der Waals surface area contributed by atoms with Gasteiger partial charge in [0.2, 0.25) is 5.60 Å². The van der Waals surface area contributed by atoms with Gasteiger partial charge < -0.3 is 20.4 Å². The van der Waals surface area contributed by atoms with Gasteiger partial charge in [0, 0.05) is 0 Å². The molecule has 0 amide bonds. The average Bonchev–Trinajstić information content (AvgIpc) is 2.14. The standard InChI is InChI=1S/C6H10O6/c7-1-4(10)5(11)6(12,2-8)3-9/h2-5,7,10-12H,1H2/t4-,5-/m1/s1. The summed E-state index contributed by atoms with van der Waals surface area (Å²) in [6.45, 7) is -0.856. The first-order valence-corrected chi connectivity index (χ1v) is 3.14. The van der Waals surface area contributed by atoms with Crippen LogP contribution in [0.25, 0.3) is 0 Å². The summed E-state index contributed by atoms with van der Waals surface area (Å²) in [7, 11) is 0. The van der Waals surface area contributed by atoms with E-state index < -0.39 is 24.4 Å². The van der Waals surface area contributed by atoms with Crippen molar-refractivity contribution < 1.29 is 30.0 Å². The molecule has 0 saturated heterocycles. The number of hydrogen-bond acceptors (Lipinski definition) is 6. The van der Waals surface area contributed by atoms with Crippen LogP contribution in [-0.4, -0.2) is 57.4 Å². The average molecular weight is 178 g/mol. The second-order valence-electron chi connectivity index (χ2n) is 2.32. The minimum absolute atomic E-state index is 0.205. The lowest BCUT2D eigenvalue weighted by molar-refractivity contribution is -0.158. The minimum atomic E-state index is -2.65. The van der Waals surface area contributed by atoms with E-state index in [1.807, 2.05) is 0 Å². The van der Waals surface area contributed by atoms with E-state index in [0.717, 1.165) is 0 Å². The number of carbonyl (C=O) groups excluding carboxylic acids is 2. The molecule has 0 aromatic heterocycles. The molecule has 0 rings (SSSR count). The largest absolute Gasteiger partial charge is 0.394 e. The van der Waals surface area contributed by atoms with E-state index >= 15 is 0 Å². The van der Waals surface area contributed by atoms with E-state index in [4.69, 9.17) is 20.4 Å². The van der Waals surface area contributed by atoms with E-state index in [2.05, 4.69) is 0 Å². The summed E-state index contributed by atoms with van der Waals surface area (Å²) in [5.41, 5.74) is -2.65.